The lowest BCUT2D eigenvalue weighted by Crippen LogP contribution is -2.20. The van der Waals surface area contributed by atoms with Gasteiger partial charge in [0.15, 0.2) is 0 Å². The van der Waals surface area contributed by atoms with Gasteiger partial charge in [-0.1, -0.05) is 0 Å². The minimum atomic E-state index is 0.184. The highest BCUT2D eigenvalue weighted by molar-refractivity contribution is 6.01. The predicted octanol–water partition coefficient (Wildman–Crippen LogP) is 1.64. The van der Waals surface area contributed by atoms with Gasteiger partial charge in [-0.25, -0.2) is 0 Å². The monoisotopic (exact) mass is 261 g/mol. The number of benzene rings is 1. The molecule has 1 amide bonds. The molecule has 1 aromatic rings. The van der Waals surface area contributed by atoms with E-state index in [2.05, 4.69) is 35.5 Å². The predicted molar refractivity (Wildman–Crippen MR) is 80.0 cm³/mol. The van der Waals surface area contributed by atoms with Gasteiger partial charge >= 0.3 is 0 Å². The Balaban J connectivity index is 1.99. The number of nitrogens with zero attached hydrogens (tertiary/aromatic N) is 2. The molecule has 1 aromatic carbocycles. The van der Waals surface area contributed by atoms with Crippen LogP contribution in [0.5, 0.6) is 0 Å². The van der Waals surface area contributed by atoms with E-state index in [1.165, 1.54) is 18.5 Å². The van der Waals surface area contributed by atoms with Crippen molar-refractivity contribution in [1.29, 1.82) is 0 Å². The molecule has 0 saturated carbocycles. The lowest BCUT2D eigenvalue weighted by Gasteiger charge is -2.20. The van der Waals surface area contributed by atoms with Crippen LogP contribution in [0.4, 0.5) is 11.4 Å². The zero-order valence-corrected chi connectivity index (χ0v) is 12.1. The van der Waals surface area contributed by atoms with Crippen LogP contribution in [0.15, 0.2) is 18.2 Å². The Morgan fingerprint density at radius 1 is 1.37 bits per heavy atom. The number of carbonyl (C=O) groups excluding carboxylic acids is 1. The van der Waals surface area contributed by atoms with Crippen LogP contribution in [0, 0.1) is 0 Å². The van der Waals surface area contributed by atoms with Gasteiger partial charge in [0, 0.05) is 32.0 Å². The quantitative estimate of drug-likeness (QED) is 0.791. The molecule has 0 unspecified atom stereocenters. The molecule has 19 heavy (non-hydrogen) atoms. The molecule has 0 bridgehead atoms. The summed E-state index contributed by atoms with van der Waals surface area (Å²) >= 11 is 0. The fourth-order valence-electron chi connectivity index (χ4n) is 2.47. The van der Waals surface area contributed by atoms with E-state index in [1.807, 2.05) is 14.1 Å². The molecule has 0 fully saturated rings. The van der Waals surface area contributed by atoms with Crippen molar-refractivity contribution < 1.29 is 4.79 Å². The van der Waals surface area contributed by atoms with Crippen LogP contribution in [0.25, 0.3) is 0 Å². The standard InChI is InChI=1S/C15H23N3O/c1-16-8-4-5-9-17(2)13-6-7-14-12(10-13)11-15(19)18(14)3/h6-7,10,16H,4-5,8-9,11H2,1-3H3. The second kappa shape index (κ2) is 6.06. The van der Waals surface area contributed by atoms with Crippen molar-refractivity contribution in [1.82, 2.24) is 5.32 Å². The summed E-state index contributed by atoms with van der Waals surface area (Å²) in [6.45, 7) is 2.11. The summed E-state index contributed by atoms with van der Waals surface area (Å²) in [5.74, 6) is 0.184. The third-order valence-electron chi connectivity index (χ3n) is 3.75. The smallest absolute Gasteiger partial charge is 0.231 e. The Kier molecular flexibility index (Phi) is 4.43. The number of rotatable bonds is 6. The fraction of sp³-hybridized carbons (Fsp3) is 0.533. The van der Waals surface area contributed by atoms with E-state index in [4.69, 9.17) is 0 Å². The molecule has 0 aromatic heterocycles. The summed E-state index contributed by atoms with van der Waals surface area (Å²) in [6, 6.07) is 6.31. The molecule has 0 aliphatic carbocycles. The van der Waals surface area contributed by atoms with Crippen LogP contribution in [0.3, 0.4) is 0 Å². The molecule has 2 rings (SSSR count). The third-order valence-corrected chi connectivity index (χ3v) is 3.75. The van der Waals surface area contributed by atoms with E-state index < -0.39 is 0 Å². The molecule has 4 heteroatoms. The number of likely N-dealkylation sites (N-methyl/N-ethyl adjacent to an activating group) is 1. The second-order valence-electron chi connectivity index (χ2n) is 5.17. The van der Waals surface area contributed by atoms with Crippen molar-refractivity contribution in [3.63, 3.8) is 0 Å². The first-order valence-electron chi connectivity index (χ1n) is 6.88. The average Bonchev–Trinajstić information content (AvgIpc) is 2.69. The van der Waals surface area contributed by atoms with Crippen LogP contribution in [0.1, 0.15) is 18.4 Å². The lowest BCUT2D eigenvalue weighted by atomic mass is 10.1. The number of unbranched alkanes of at least 4 members (excludes halogenated alkanes) is 1. The van der Waals surface area contributed by atoms with Gasteiger partial charge in [-0.3, -0.25) is 4.79 Å². The zero-order valence-electron chi connectivity index (χ0n) is 12.1. The largest absolute Gasteiger partial charge is 0.375 e. The Bertz CT molecular complexity index is 459. The molecule has 1 N–H and O–H groups in total. The van der Waals surface area contributed by atoms with Crippen molar-refractivity contribution in [2.75, 3.05) is 44.0 Å². The summed E-state index contributed by atoms with van der Waals surface area (Å²) in [7, 11) is 5.94. The van der Waals surface area contributed by atoms with Crippen molar-refractivity contribution >= 4 is 17.3 Å². The van der Waals surface area contributed by atoms with E-state index in [0.717, 1.165) is 24.3 Å². The van der Waals surface area contributed by atoms with Gasteiger partial charge < -0.3 is 15.1 Å². The summed E-state index contributed by atoms with van der Waals surface area (Å²) in [5, 5.41) is 3.16. The van der Waals surface area contributed by atoms with E-state index in [-0.39, 0.29) is 5.91 Å². The Labute approximate surface area is 115 Å². The number of nitrogens with one attached hydrogen (secondary N) is 1. The first-order chi connectivity index (χ1) is 9.13. The molecule has 1 aliphatic heterocycles. The summed E-state index contributed by atoms with van der Waals surface area (Å²) in [6.07, 6.45) is 2.90. The van der Waals surface area contributed by atoms with Crippen molar-refractivity contribution in [3.8, 4) is 0 Å². The minimum absolute atomic E-state index is 0.184. The van der Waals surface area contributed by atoms with Gasteiger partial charge in [0.05, 0.1) is 6.42 Å². The molecule has 0 radical (unpaired) electrons. The van der Waals surface area contributed by atoms with E-state index in [1.54, 1.807) is 4.90 Å². The maximum Gasteiger partial charge on any atom is 0.231 e. The molecule has 4 nitrogen and oxygen atoms in total. The van der Waals surface area contributed by atoms with Crippen LogP contribution in [0.2, 0.25) is 0 Å². The molecule has 1 heterocycles. The molecule has 104 valence electrons. The van der Waals surface area contributed by atoms with Crippen LogP contribution < -0.4 is 15.1 Å². The Hall–Kier alpha value is -1.55. The number of amides is 1. The summed E-state index contributed by atoms with van der Waals surface area (Å²) in [5.41, 5.74) is 3.40. The molecule has 1 aliphatic rings. The van der Waals surface area contributed by atoms with Crippen molar-refractivity contribution in [2.24, 2.45) is 0 Å². The second-order valence-corrected chi connectivity index (χ2v) is 5.17. The number of hydrogen-bond donors (Lipinski definition) is 1. The fourth-order valence-corrected chi connectivity index (χ4v) is 2.47. The Morgan fingerprint density at radius 3 is 2.89 bits per heavy atom. The lowest BCUT2D eigenvalue weighted by molar-refractivity contribution is -0.117. The van der Waals surface area contributed by atoms with Crippen LogP contribution in [-0.4, -0.2) is 40.1 Å². The maximum atomic E-state index is 11.7. The number of anilines is 2. The highest BCUT2D eigenvalue weighted by atomic mass is 16.2. The van der Waals surface area contributed by atoms with Gasteiger partial charge in [-0.2, -0.15) is 0 Å². The van der Waals surface area contributed by atoms with Gasteiger partial charge in [-0.15, -0.1) is 0 Å². The molecular formula is C15H23N3O. The van der Waals surface area contributed by atoms with E-state index in [9.17, 15) is 4.79 Å². The zero-order chi connectivity index (χ0) is 13.8. The molecule has 0 spiro atoms. The van der Waals surface area contributed by atoms with E-state index in [0.29, 0.717) is 6.42 Å². The summed E-state index contributed by atoms with van der Waals surface area (Å²) in [4.78, 5) is 15.7. The van der Waals surface area contributed by atoms with Gasteiger partial charge in [0.2, 0.25) is 5.91 Å². The topological polar surface area (TPSA) is 35.6 Å². The summed E-state index contributed by atoms with van der Waals surface area (Å²) < 4.78 is 0. The first kappa shape index (κ1) is 13.9. The maximum absolute atomic E-state index is 11.7. The minimum Gasteiger partial charge on any atom is -0.375 e. The highest BCUT2D eigenvalue weighted by Crippen LogP contribution is 2.31. The number of fused-ring (bicyclic) bond motifs is 1. The Morgan fingerprint density at radius 2 is 2.16 bits per heavy atom. The van der Waals surface area contributed by atoms with Crippen LogP contribution >= 0.6 is 0 Å². The molecular weight excluding hydrogens is 238 g/mol. The third kappa shape index (κ3) is 3.07. The first-order valence-corrected chi connectivity index (χ1v) is 6.88. The SMILES string of the molecule is CNCCCCN(C)c1ccc2c(c1)CC(=O)N2C. The van der Waals surface area contributed by atoms with Gasteiger partial charge in [0.1, 0.15) is 0 Å². The van der Waals surface area contributed by atoms with Crippen LogP contribution in [-0.2, 0) is 11.2 Å². The molecule has 0 saturated heterocycles. The average molecular weight is 261 g/mol. The van der Waals surface area contributed by atoms with Gasteiger partial charge in [0.25, 0.3) is 0 Å². The normalized spacial score (nSPS) is 13.8. The van der Waals surface area contributed by atoms with Crippen molar-refractivity contribution in [2.45, 2.75) is 19.3 Å². The highest BCUT2D eigenvalue weighted by Gasteiger charge is 2.24. The molecule has 0 atom stereocenters. The van der Waals surface area contributed by atoms with Crippen molar-refractivity contribution in [3.05, 3.63) is 23.8 Å². The van der Waals surface area contributed by atoms with E-state index >= 15 is 0 Å². The number of carbonyl (C=O) groups is 1. The number of hydrogen-bond acceptors (Lipinski definition) is 3. The van der Waals surface area contributed by atoms with Gasteiger partial charge in [-0.05, 0) is 50.2 Å².